The van der Waals surface area contributed by atoms with Crippen molar-refractivity contribution in [2.75, 3.05) is 0 Å². The van der Waals surface area contributed by atoms with Gasteiger partial charge in [0.1, 0.15) is 0 Å². The molecule has 0 aliphatic carbocycles. The monoisotopic (exact) mass is 265 g/mol. The summed E-state index contributed by atoms with van der Waals surface area (Å²) in [7, 11) is 0. The van der Waals surface area contributed by atoms with Gasteiger partial charge in [0.05, 0.1) is 0 Å². The molecule has 0 spiro atoms. The van der Waals surface area contributed by atoms with Crippen LogP contribution in [0.4, 0.5) is 0 Å². The number of nitrogens with two attached hydrogens (primary N) is 1. The lowest BCUT2D eigenvalue weighted by Crippen LogP contribution is -1.96. The molecule has 0 aliphatic rings. The maximum atomic E-state index is 5.77. The molecule has 0 aliphatic heterocycles. The smallest absolute Gasteiger partial charge is 0.0184 e. The Balaban J connectivity index is 1.98. The van der Waals surface area contributed by atoms with Gasteiger partial charge in [-0.1, -0.05) is 54.2 Å². The zero-order chi connectivity index (χ0) is 13.1. The Kier molecular flexibility index (Phi) is 3.53. The van der Waals surface area contributed by atoms with E-state index < -0.39 is 0 Å². The number of fused-ring (bicyclic) bond motifs is 1. The van der Waals surface area contributed by atoms with Crippen molar-refractivity contribution in [1.82, 2.24) is 0 Å². The molecule has 2 heteroatoms. The summed E-state index contributed by atoms with van der Waals surface area (Å²) in [5.41, 5.74) is 6.97. The predicted molar refractivity (Wildman–Crippen MR) is 82.4 cm³/mol. The van der Waals surface area contributed by atoms with E-state index >= 15 is 0 Å². The predicted octanol–water partition coefficient (Wildman–Crippen LogP) is 4.45. The molecule has 0 fully saturated rings. The summed E-state index contributed by atoms with van der Waals surface area (Å²) in [6.07, 6.45) is 0. The highest BCUT2D eigenvalue weighted by atomic mass is 32.2. The standard InChI is InChI=1S/C17H15NS/c18-12-14-6-4-5-13-11-16(9-10-17(13)14)19-15-7-2-1-3-8-15/h1-11H,12,18H2. The Bertz CT molecular complexity index is 692. The quantitative estimate of drug-likeness (QED) is 0.757. The van der Waals surface area contributed by atoms with Crippen LogP contribution in [-0.4, -0.2) is 0 Å². The first-order chi connectivity index (χ1) is 9.36. The molecule has 3 aromatic carbocycles. The van der Waals surface area contributed by atoms with Crippen molar-refractivity contribution in [2.24, 2.45) is 5.73 Å². The number of rotatable bonds is 3. The molecule has 0 bridgehead atoms. The summed E-state index contributed by atoms with van der Waals surface area (Å²) >= 11 is 1.78. The SMILES string of the molecule is NCc1cccc2cc(Sc3ccccc3)ccc12. The largest absolute Gasteiger partial charge is 0.326 e. The summed E-state index contributed by atoms with van der Waals surface area (Å²) < 4.78 is 0. The third kappa shape index (κ3) is 2.65. The van der Waals surface area contributed by atoms with Crippen molar-refractivity contribution in [3.63, 3.8) is 0 Å². The van der Waals surface area contributed by atoms with Crippen LogP contribution in [0, 0.1) is 0 Å². The normalized spacial score (nSPS) is 10.8. The molecule has 0 unspecified atom stereocenters. The van der Waals surface area contributed by atoms with Crippen molar-refractivity contribution >= 4 is 22.5 Å². The average molecular weight is 265 g/mol. The van der Waals surface area contributed by atoms with E-state index in [-0.39, 0.29) is 0 Å². The van der Waals surface area contributed by atoms with Gasteiger partial charge in [-0.25, -0.2) is 0 Å². The van der Waals surface area contributed by atoms with Gasteiger partial charge in [0.2, 0.25) is 0 Å². The molecule has 0 radical (unpaired) electrons. The molecule has 1 nitrogen and oxygen atoms in total. The number of benzene rings is 3. The summed E-state index contributed by atoms with van der Waals surface area (Å²) in [5.74, 6) is 0. The van der Waals surface area contributed by atoms with Crippen molar-refractivity contribution in [1.29, 1.82) is 0 Å². The third-order valence-electron chi connectivity index (χ3n) is 3.14. The van der Waals surface area contributed by atoms with E-state index in [0.29, 0.717) is 6.54 Å². The second kappa shape index (κ2) is 5.47. The van der Waals surface area contributed by atoms with E-state index in [1.54, 1.807) is 11.8 Å². The Morgan fingerprint density at radius 2 is 1.63 bits per heavy atom. The topological polar surface area (TPSA) is 26.0 Å². The van der Waals surface area contributed by atoms with Crippen LogP contribution in [0.3, 0.4) is 0 Å². The zero-order valence-electron chi connectivity index (χ0n) is 10.5. The second-order valence-corrected chi connectivity index (χ2v) is 5.57. The third-order valence-corrected chi connectivity index (χ3v) is 4.14. The summed E-state index contributed by atoms with van der Waals surface area (Å²) in [6, 6.07) is 23.3. The fourth-order valence-corrected chi connectivity index (χ4v) is 3.08. The van der Waals surface area contributed by atoms with Crippen LogP contribution < -0.4 is 5.73 Å². The van der Waals surface area contributed by atoms with Crippen LogP contribution in [0.15, 0.2) is 76.5 Å². The first kappa shape index (κ1) is 12.3. The molecule has 3 aromatic rings. The Hall–Kier alpha value is -1.77. The summed E-state index contributed by atoms with van der Waals surface area (Å²) in [4.78, 5) is 2.52. The molecule has 0 saturated heterocycles. The van der Waals surface area contributed by atoms with Gasteiger partial charge in [-0.15, -0.1) is 0 Å². The Labute approximate surface area is 117 Å². The van der Waals surface area contributed by atoms with Crippen LogP contribution in [0.1, 0.15) is 5.56 Å². The van der Waals surface area contributed by atoms with Crippen LogP contribution in [-0.2, 0) is 6.54 Å². The van der Waals surface area contributed by atoms with Gasteiger partial charge in [-0.2, -0.15) is 0 Å². The van der Waals surface area contributed by atoms with E-state index in [1.807, 2.05) is 6.07 Å². The first-order valence-electron chi connectivity index (χ1n) is 6.31. The van der Waals surface area contributed by atoms with Gasteiger partial charge >= 0.3 is 0 Å². The molecule has 0 heterocycles. The van der Waals surface area contributed by atoms with E-state index in [4.69, 9.17) is 5.73 Å². The lowest BCUT2D eigenvalue weighted by Gasteiger charge is -2.07. The molecular weight excluding hydrogens is 250 g/mol. The van der Waals surface area contributed by atoms with Gasteiger partial charge in [0.15, 0.2) is 0 Å². The number of hydrogen-bond donors (Lipinski definition) is 1. The number of hydrogen-bond acceptors (Lipinski definition) is 2. The molecule has 19 heavy (non-hydrogen) atoms. The maximum Gasteiger partial charge on any atom is 0.0184 e. The molecule has 0 atom stereocenters. The second-order valence-electron chi connectivity index (χ2n) is 4.42. The average Bonchev–Trinajstić information content (AvgIpc) is 2.47. The van der Waals surface area contributed by atoms with Gasteiger partial charge in [-0.05, 0) is 40.6 Å². The molecule has 0 aromatic heterocycles. The van der Waals surface area contributed by atoms with E-state index in [0.717, 1.165) is 0 Å². The van der Waals surface area contributed by atoms with E-state index in [2.05, 4.69) is 60.7 Å². The van der Waals surface area contributed by atoms with Crippen molar-refractivity contribution in [3.05, 3.63) is 72.3 Å². The van der Waals surface area contributed by atoms with Gasteiger partial charge < -0.3 is 5.73 Å². The van der Waals surface area contributed by atoms with Crippen LogP contribution >= 0.6 is 11.8 Å². The van der Waals surface area contributed by atoms with Crippen LogP contribution in [0.5, 0.6) is 0 Å². The van der Waals surface area contributed by atoms with Crippen LogP contribution in [0.25, 0.3) is 10.8 Å². The zero-order valence-corrected chi connectivity index (χ0v) is 11.4. The van der Waals surface area contributed by atoms with E-state index in [1.165, 1.54) is 26.1 Å². The fraction of sp³-hybridized carbons (Fsp3) is 0.0588. The molecule has 0 amide bonds. The molecular formula is C17H15NS. The Morgan fingerprint density at radius 3 is 2.42 bits per heavy atom. The first-order valence-corrected chi connectivity index (χ1v) is 7.13. The highest BCUT2D eigenvalue weighted by Gasteiger charge is 2.02. The molecule has 3 rings (SSSR count). The summed E-state index contributed by atoms with van der Waals surface area (Å²) in [6.45, 7) is 0.586. The van der Waals surface area contributed by atoms with Crippen molar-refractivity contribution < 1.29 is 0 Å². The van der Waals surface area contributed by atoms with Gasteiger partial charge in [0, 0.05) is 16.3 Å². The minimum atomic E-state index is 0.586. The summed E-state index contributed by atoms with van der Waals surface area (Å²) in [5, 5.41) is 2.51. The fourth-order valence-electron chi connectivity index (χ4n) is 2.19. The van der Waals surface area contributed by atoms with Crippen LogP contribution in [0.2, 0.25) is 0 Å². The Morgan fingerprint density at radius 1 is 0.789 bits per heavy atom. The minimum Gasteiger partial charge on any atom is -0.326 e. The van der Waals surface area contributed by atoms with Crippen molar-refractivity contribution in [2.45, 2.75) is 16.3 Å². The lowest BCUT2D eigenvalue weighted by atomic mass is 10.1. The van der Waals surface area contributed by atoms with E-state index in [9.17, 15) is 0 Å². The minimum absolute atomic E-state index is 0.586. The molecule has 0 saturated carbocycles. The molecule has 2 N–H and O–H groups in total. The van der Waals surface area contributed by atoms with Gasteiger partial charge in [0.25, 0.3) is 0 Å². The van der Waals surface area contributed by atoms with Crippen molar-refractivity contribution in [3.8, 4) is 0 Å². The van der Waals surface area contributed by atoms with Gasteiger partial charge in [-0.3, -0.25) is 0 Å². The lowest BCUT2D eigenvalue weighted by molar-refractivity contribution is 1.09. The highest BCUT2D eigenvalue weighted by molar-refractivity contribution is 7.99. The molecule has 94 valence electrons. The maximum absolute atomic E-state index is 5.77. The highest BCUT2D eigenvalue weighted by Crippen LogP contribution is 2.30.